The van der Waals surface area contributed by atoms with Crippen molar-refractivity contribution >= 4 is 23.1 Å². The van der Waals surface area contributed by atoms with Gasteiger partial charge in [-0.3, -0.25) is 0 Å². The second-order valence-corrected chi connectivity index (χ2v) is 6.38. The SMILES string of the molecule is CCc1nnc(CSc2nnc(-c3sc(C)nc3C)o2)o1. The molecule has 9 heteroatoms. The largest absolute Gasteiger partial charge is 0.424 e. The lowest BCUT2D eigenvalue weighted by Crippen LogP contribution is -1.80. The van der Waals surface area contributed by atoms with Crippen LogP contribution in [0, 0.1) is 13.8 Å². The van der Waals surface area contributed by atoms with Gasteiger partial charge in [0.05, 0.1) is 16.5 Å². The summed E-state index contributed by atoms with van der Waals surface area (Å²) in [4.78, 5) is 5.27. The molecule has 0 bridgehead atoms. The Morgan fingerprint density at radius 1 is 1.05 bits per heavy atom. The number of nitrogens with zero attached hydrogens (tertiary/aromatic N) is 5. The van der Waals surface area contributed by atoms with E-state index in [0.717, 1.165) is 22.0 Å². The number of rotatable bonds is 5. The molecule has 0 amide bonds. The molecule has 0 aromatic carbocycles. The summed E-state index contributed by atoms with van der Waals surface area (Å²) in [5.41, 5.74) is 0.905. The van der Waals surface area contributed by atoms with Gasteiger partial charge in [0.25, 0.3) is 11.1 Å². The van der Waals surface area contributed by atoms with Gasteiger partial charge >= 0.3 is 0 Å². The molecule has 3 rings (SSSR count). The van der Waals surface area contributed by atoms with Crippen molar-refractivity contribution < 1.29 is 8.83 Å². The number of aromatic nitrogens is 5. The Balaban J connectivity index is 1.69. The second-order valence-electron chi connectivity index (χ2n) is 4.25. The van der Waals surface area contributed by atoms with Crippen LogP contribution in [0.1, 0.15) is 29.4 Å². The standard InChI is InChI=1S/C12H13N5O2S2/c1-4-8-14-15-9(18-8)5-20-12-17-16-11(19-12)10-6(2)13-7(3)21-10/h4-5H2,1-3H3. The minimum absolute atomic E-state index is 0.478. The first-order valence-corrected chi connectivity index (χ1v) is 8.18. The molecule has 0 aliphatic heterocycles. The molecule has 110 valence electrons. The van der Waals surface area contributed by atoms with Gasteiger partial charge in [0.2, 0.25) is 11.8 Å². The number of thiazole rings is 1. The van der Waals surface area contributed by atoms with Crippen molar-refractivity contribution in [3.8, 4) is 10.8 Å². The van der Waals surface area contributed by atoms with E-state index in [1.165, 1.54) is 11.8 Å². The van der Waals surface area contributed by atoms with Crippen LogP contribution in [0.5, 0.6) is 0 Å². The highest BCUT2D eigenvalue weighted by Gasteiger charge is 2.16. The first kappa shape index (κ1) is 14.2. The van der Waals surface area contributed by atoms with Gasteiger partial charge < -0.3 is 8.83 Å². The van der Waals surface area contributed by atoms with Crippen molar-refractivity contribution in [3.05, 3.63) is 22.5 Å². The summed E-state index contributed by atoms with van der Waals surface area (Å²) < 4.78 is 11.1. The van der Waals surface area contributed by atoms with E-state index in [0.29, 0.717) is 28.6 Å². The second kappa shape index (κ2) is 5.94. The summed E-state index contributed by atoms with van der Waals surface area (Å²) in [6.45, 7) is 5.85. The van der Waals surface area contributed by atoms with Crippen LogP contribution in [-0.2, 0) is 12.2 Å². The Morgan fingerprint density at radius 2 is 1.86 bits per heavy atom. The van der Waals surface area contributed by atoms with E-state index in [2.05, 4.69) is 25.4 Å². The van der Waals surface area contributed by atoms with Crippen LogP contribution in [0.4, 0.5) is 0 Å². The van der Waals surface area contributed by atoms with Crippen LogP contribution in [0.25, 0.3) is 10.8 Å². The van der Waals surface area contributed by atoms with Gasteiger partial charge in [-0.2, -0.15) is 0 Å². The molecule has 3 aromatic heterocycles. The molecule has 21 heavy (non-hydrogen) atoms. The van der Waals surface area contributed by atoms with Gasteiger partial charge in [0, 0.05) is 6.42 Å². The predicted molar refractivity (Wildman–Crippen MR) is 78.1 cm³/mol. The van der Waals surface area contributed by atoms with Crippen LogP contribution in [0.2, 0.25) is 0 Å². The third-order valence-corrected chi connectivity index (χ3v) is 4.50. The van der Waals surface area contributed by atoms with Gasteiger partial charge in [-0.15, -0.1) is 31.7 Å². The Morgan fingerprint density at radius 3 is 2.52 bits per heavy atom. The average molecular weight is 323 g/mol. The van der Waals surface area contributed by atoms with E-state index in [1.807, 2.05) is 20.8 Å². The monoisotopic (exact) mass is 323 g/mol. The quantitative estimate of drug-likeness (QED) is 0.662. The molecule has 0 aliphatic rings. The Bertz CT molecular complexity index is 749. The van der Waals surface area contributed by atoms with E-state index in [9.17, 15) is 0 Å². The predicted octanol–water partition coefficient (Wildman–Crippen LogP) is 3.05. The zero-order valence-corrected chi connectivity index (χ0v) is 13.4. The molecule has 7 nitrogen and oxygen atoms in total. The van der Waals surface area contributed by atoms with Gasteiger partial charge in [-0.05, 0) is 13.8 Å². The normalized spacial score (nSPS) is 11.2. The minimum Gasteiger partial charge on any atom is -0.424 e. The van der Waals surface area contributed by atoms with Crippen molar-refractivity contribution in [1.29, 1.82) is 0 Å². The molecule has 3 heterocycles. The molecule has 0 N–H and O–H groups in total. The summed E-state index contributed by atoms with van der Waals surface area (Å²) in [5, 5.41) is 17.4. The summed E-state index contributed by atoms with van der Waals surface area (Å²) >= 11 is 2.92. The molecule has 0 saturated carbocycles. The first-order chi connectivity index (χ1) is 10.2. The van der Waals surface area contributed by atoms with Crippen LogP contribution in [-0.4, -0.2) is 25.4 Å². The maximum Gasteiger partial charge on any atom is 0.277 e. The van der Waals surface area contributed by atoms with Crippen molar-refractivity contribution in [3.63, 3.8) is 0 Å². The third kappa shape index (κ3) is 3.13. The molecular weight excluding hydrogens is 310 g/mol. The number of thioether (sulfide) groups is 1. The molecular formula is C12H13N5O2S2. The lowest BCUT2D eigenvalue weighted by Gasteiger charge is -1.91. The number of hydrogen-bond donors (Lipinski definition) is 0. The molecule has 0 unspecified atom stereocenters. The van der Waals surface area contributed by atoms with Crippen LogP contribution < -0.4 is 0 Å². The highest BCUT2D eigenvalue weighted by Crippen LogP contribution is 2.31. The molecule has 0 fully saturated rings. The highest BCUT2D eigenvalue weighted by atomic mass is 32.2. The van der Waals surface area contributed by atoms with Crippen molar-refractivity contribution in [2.24, 2.45) is 0 Å². The summed E-state index contributed by atoms with van der Waals surface area (Å²) in [7, 11) is 0. The summed E-state index contributed by atoms with van der Waals surface area (Å²) in [6.07, 6.45) is 0.729. The lowest BCUT2D eigenvalue weighted by atomic mass is 10.4. The zero-order chi connectivity index (χ0) is 14.8. The Hall–Kier alpha value is -1.74. The van der Waals surface area contributed by atoms with E-state index in [-0.39, 0.29) is 0 Å². The van der Waals surface area contributed by atoms with Gasteiger partial charge in [-0.1, -0.05) is 18.7 Å². The summed E-state index contributed by atoms with van der Waals surface area (Å²) in [6, 6.07) is 0. The first-order valence-electron chi connectivity index (χ1n) is 6.37. The molecule has 3 aromatic rings. The highest BCUT2D eigenvalue weighted by molar-refractivity contribution is 7.98. The van der Waals surface area contributed by atoms with Crippen molar-refractivity contribution in [1.82, 2.24) is 25.4 Å². The molecule has 0 radical (unpaired) electrons. The minimum atomic E-state index is 0.478. The van der Waals surface area contributed by atoms with Crippen LogP contribution in [0.15, 0.2) is 14.1 Å². The van der Waals surface area contributed by atoms with Crippen molar-refractivity contribution in [2.75, 3.05) is 0 Å². The number of aryl methyl sites for hydroxylation is 3. The smallest absolute Gasteiger partial charge is 0.277 e. The third-order valence-electron chi connectivity index (χ3n) is 2.63. The van der Waals surface area contributed by atoms with E-state index < -0.39 is 0 Å². The van der Waals surface area contributed by atoms with Crippen molar-refractivity contribution in [2.45, 2.75) is 38.2 Å². The Kier molecular flexibility index (Phi) is 4.02. The maximum atomic E-state index is 5.64. The molecule has 0 saturated heterocycles. The fraction of sp³-hybridized carbons (Fsp3) is 0.417. The average Bonchev–Trinajstić information content (AvgIpc) is 3.16. The van der Waals surface area contributed by atoms with Gasteiger partial charge in [-0.25, -0.2) is 4.98 Å². The van der Waals surface area contributed by atoms with E-state index >= 15 is 0 Å². The van der Waals surface area contributed by atoms with Crippen LogP contribution in [0.3, 0.4) is 0 Å². The van der Waals surface area contributed by atoms with Gasteiger partial charge in [0.1, 0.15) is 4.88 Å². The molecule has 0 atom stereocenters. The topological polar surface area (TPSA) is 90.7 Å². The van der Waals surface area contributed by atoms with Gasteiger partial charge in [0.15, 0.2) is 0 Å². The summed E-state index contributed by atoms with van der Waals surface area (Å²) in [5.74, 6) is 2.20. The molecule has 0 aliphatic carbocycles. The zero-order valence-electron chi connectivity index (χ0n) is 11.8. The lowest BCUT2D eigenvalue weighted by molar-refractivity contribution is 0.458. The maximum absolute atomic E-state index is 5.64. The van der Waals surface area contributed by atoms with E-state index in [1.54, 1.807) is 11.3 Å². The van der Waals surface area contributed by atoms with Crippen LogP contribution >= 0.6 is 23.1 Å². The number of hydrogen-bond acceptors (Lipinski definition) is 9. The Labute approximate surface area is 129 Å². The fourth-order valence-electron chi connectivity index (χ4n) is 1.70. The van der Waals surface area contributed by atoms with E-state index in [4.69, 9.17) is 8.83 Å². The molecule has 0 spiro atoms. The fourth-order valence-corrected chi connectivity index (χ4v) is 3.14.